The molecule has 2 saturated heterocycles. The first-order valence-corrected chi connectivity index (χ1v) is 10.0. The molecular formula is C22H29N4O3+. The lowest BCUT2D eigenvalue weighted by atomic mass is 10.0. The lowest BCUT2D eigenvalue weighted by Gasteiger charge is -2.28. The number of rotatable bonds is 6. The number of nitrogens with zero attached hydrogens (tertiary/aromatic N) is 1. The van der Waals surface area contributed by atoms with Gasteiger partial charge in [0.1, 0.15) is 31.0 Å². The van der Waals surface area contributed by atoms with Crippen LogP contribution in [0.1, 0.15) is 23.7 Å². The highest BCUT2D eigenvalue weighted by atomic mass is 16.7. The van der Waals surface area contributed by atoms with E-state index < -0.39 is 0 Å². The Bertz CT molecular complexity index is 847. The Morgan fingerprint density at radius 2 is 1.97 bits per heavy atom. The third-order valence-corrected chi connectivity index (χ3v) is 5.67. The molecule has 0 aliphatic carbocycles. The molecule has 2 aromatic carbocycles. The highest BCUT2D eigenvalue weighted by molar-refractivity contribution is 5.82. The number of para-hydroxylation sites is 1. The molecule has 2 aliphatic rings. The Morgan fingerprint density at radius 3 is 2.76 bits per heavy atom. The van der Waals surface area contributed by atoms with Gasteiger partial charge in [-0.3, -0.25) is 9.63 Å². The van der Waals surface area contributed by atoms with Gasteiger partial charge in [-0.15, -0.1) is 0 Å². The maximum absolute atomic E-state index is 12.8. The van der Waals surface area contributed by atoms with Crippen LogP contribution in [0.25, 0.3) is 0 Å². The molecule has 4 rings (SSSR count). The average molecular weight is 397 g/mol. The fraction of sp³-hybridized carbons (Fsp3) is 0.409. The van der Waals surface area contributed by atoms with Crippen LogP contribution in [0.3, 0.4) is 0 Å². The van der Waals surface area contributed by atoms with Crippen molar-refractivity contribution in [1.29, 1.82) is 0 Å². The van der Waals surface area contributed by atoms with E-state index in [1.807, 2.05) is 30.3 Å². The highest BCUT2D eigenvalue weighted by Crippen LogP contribution is 2.33. The molecule has 2 aliphatic heterocycles. The minimum Gasteiger partial charge on any atom is -0.496 e. The predicted molar refractivity (Wildman–Crippen MR) is 109 cm³/mol. The zero-order valence-corrected chi connectivity index (χ0v) is 16.9. The SMILES string of the molecule is COc1ccccc1C1CC(C(=O)NC2CN[N+](C)(Cc3ccccc3)C2)NO1. The van der Waals surface area contributed by atoms with Crippen molar-refractivity contribution in [3.63, 3.8) is 0 Å². The minimum atomic E-state index is -0.376. The van der Waals surface area contributed by atoms with Crippen LogP contribution < -0.4 is 21.0 Å². The Kier molecular flexibility index (Phi) is 5.82. The molecule has 0 spiro atoms. The van der Waals surface area contributed by atoms with Crippen LogP contribution in [-0.4, -0.2) is 49.8 Å². The van der Waals surface area contributed by atoms with Crippen LogP contribution in [0, 0.1) is 0 Å². The summed E-state index contributed by atoms with van der Waals surface area (Å²) in [4.78, 5) is 18.5. The third kappa shape index (κ3) is 4.59. The van der Waals surface area contributed by atoms with E-state index in [2.05, 4.69) is 47.5 Å². The smallest absolute Gasteiger partial charge is 0.240 e. The summed E-state index contributed by atoms with van der Waals surface area (Å²) in [6.07, 6.45) is 0.366. The summed E-state index contributed by atoms with van der Waals surface area (Å²) in [6.45, 7) is 2.47. The molecule has 2 aromatic rings. The monoisotopic (exact) mass is 397 g/mol. The molecule has 1 amide bonds. The highest BCUT2D eigenvalue weighted by Gasteiger charge is 2.39. The molecule has 2 heterocycles. The molecule has 2 fully saturated rings. The van der Waals surface area contributed by atoms with Crippen molar-refractivity contribution >= 4 is 5.91 Å². The number of hydrogen-bond donors (Lipinski definition) is 3. The number of carbonyl (C=O) groups excluding carboxylic acids is 1. The van der Waals surface area contributed by atoms with Gasteiger partial charge in [0, 0.05) is 17.5 Å². The molecular weight excluding hydrogens is 368 g/mol. The van der Waals surface area contributed by atoms with Gasteiger partial charge in [0.05, 0.1) is 26.7 Å². The van der Waals surface area contributed by atoms with Gasteiger partial charge in [0.2, 0.25) is 5.91 Å². The normalized spacial score (nSPS) is 29.0. The summed E-state index contributed by atoms with van der Waals surface area (Å²) in [6, 6.07) is 17.9. The van der Waals surface area contributed by atoms with Crippen molar-refractivity contribution in [1.82, 2.24) is 16.2 Å². The Morgan fingerprint density at radius 1 is 1.21 bits per heavy atom. The number of carbonyl (C=O) groups is 1. The van der Waals surface area contributed by atoms with Crippen molar-refractivity contribution in [2.45, 2.75) is 31.2 Å². The van der Waals surface area contributed by atoms with Crippen molar-refractivity contribution in [3.8, 4) is 5.75 Å². The van der Waals surface area contributed by atoms with Crippen LogP contribution >= 0.6 is 0 Å². The topological polar surface area (TPSA) is 71.6 Å². The van der Waals surface area contributed by atoms with E-state index in [9.17, 15) is 4.79 Å². The van der Waals surface area contributed by atoms with E-state index in [4.69, 9.17) is 9.57 Å². The summed E-state index contributed by atoms with van der Waals surface area (Å²) in [7, 11) is 3.80. The van der Waals surface area contributed by atoms with Gasteiger partial charge in [-0.1, -0.05) is 48.5 Å². The summed E-state index contributed by atoms with van der Waals surface area (Å²) in [5.41, 5.74) is 8.66. The number of hydrogen-bond acceptors (Lipinski definition) is 5. The van der Waals surface area contributed by atoms with Gasteiger partial charge < -0.3 is 10.1 Å². The molecule has 4 unspecified atom stereocenters. The van der Waals surface area contributed by atoms with Crippen LogP contribution in [0.4, 0.5) is 0 Å². The van der Waals surface area contributed by atoms with E-state index in [0.717, 1.165) is 30.9 Å². The van der Waals surface area contributed by atoms with Crippen LogP contribution in [0.15, 0.2) is 54.6 Å². The molecule has 7 heteroatoms. The number of benzene rings is 2. The van der Waals surface area contributed by atoms with Gasteiger partial charge in [0.15, 0.2) is 0 Å². The molecule has 0 aromatic heterocycles. The number of methoxy groups -OCH3 is 1. The van der Waals surface area contributed by atoms with Gasteiger partial charge in [0.25, 0.3) is 0 Å². The zero-order valence-electron chi connectivity index (χ0n) is 16.9. The molecule has 3 N–H and O–H groups in total. The molecule has 4 atom stereocenters. The predicted octanol–water partition coefficient (Wildman–Crippen LogP) is 1.68. The van der Waals surface area contributed by atoms with E-state index in [1.165, 1.54) is 5.56 Å². The molecule has 29 heavy (non-hydrogen) atoms. The van der Waals surface area contributed by atoms with E-state index >= 15 is 0 Å². The first-order chi connectivity index (χ1) is 14.1. The van der Waals surface area contributed by atoms with Crippen molar-refractivity contribution in [2.75, 3.05) is 27.2 Å². The molecule has 0 saturated carbocycles. The molecule has 0 radical (unpaired) electrons. The Balaban J connectivity index is 1.31. The third-order valence-electron chi connectivity index (χ3n) is 5.67. The summed E-state index contributed by atoms with van der Waals surface area (Å²) in [5, 5.41) is 3.17. The van der Waals surface area contributed by atoms with Crippen molar-refractivity contribution in [3.05, 3.63) is 65.7 Å². The maximum atomic E-state index is 12.8. The second-order valence-electron chi connectivity index (χ2n) is 8.04. The number of amides is 1. The number of likely N-dealkylation sites (N-methyl/N-ethyl adjacent to an activating group) is 1. The number of hydroxylamine groups is 1. The van der Waals surface area contributed by atoms with Gasteiger partial charge in [-0.2, -0.15) is 10.9 Å². The number of ether oxygens (including phenoxy) is 1. The number of quaternary nitrogens is 1. The summed E-state index contributed by atoms with van der Waals surface area (Å²) in [5.74, 6) is 0.747. The van der Waals surface area contributed by atoms with E-state index in [1.54, 1.807) is 7.11 Å². The van der Waals surface area contributed by atoms with Gasteiger partial charge in [-0.25, -0.2) is 4.59 Å². The molecule has 7 nitrogen and oxygen atoms in total. The zero-order chi connectivity index (χ0) is 20.3. The minimum absolute atomic E-state index is 0.0256. The van der Waals surface area contributed by atoms with Crippen LogP contribution in [0.2, 0.25) is 0 Å². The Hall–Kier alpha value is -2.45. The maximum Gasteiger partial charge on any atom is 0.240 e. The summed E-state index contributed by atoms with van der Waals surface area (Å²) >= 11 is 0. The van der Waals surface area contributed by atoms with Gasteiger partial charge >= 0.3 is 0 Å². The Labute approximate surface area is 171 Å². The summed E-state index contributed by atoms with van der Waals surface area (Å²) < 4.78 is 6.12. The second kappa shape index (κ2) is 8.51. The lowest BCUT2D eigenvalue weighted by molar-refractivity contribution is -0.952. The average Bonchev–Trinajstić information content (AvgIpc) is 3.36. The van der Waals surface area contributed by atoms with Crippen LogP contribution in [0.5, 0.6) is 5.75 Å². The quantitative estimate of drug-likeness (QED) is 0.647. The first kappa shape index (κ1) is 19.8. The van der Waals surface area contributed by atoms with Crippen LogP contribution in [-0.2, 0) is 16.2 Å². The van der Waals surface area contributed by atoms with E-state index in [-0.39, 0.29) is 24.1 Å². The largest absolute Gasteiger partial charge is 0.496 e. The number of nitrogens with one attached hydrogen (secondary N) is 3. The van der Waals surface area contributed by atoms with Crippen molar-refractivity contribution in [2.24, 2.45) is 0 Å². The van der Waals surface area contributed by atoms with E-state index in [0.29, 0.717) is 11.0 Å². The molecule has 154 valence electrons. The first-order valence-electron chi connectivity index (χ1n) is 10.0. The second-order valence-corrected chi connectivity index (χ2v) is 8.04. The standard InChI is InChI=1S/C22H28N4O3/c1-26(14-16-8-4-3-5-9-16)15-17(13-23-26)24-22(27)19-12-21(29-25-19)18-10-6-7-11-20(18)28-2/h3-11,17,19,21,23,25H,12-15H2,1-2H3/p+1. The van der Waals surface area contributed by atoms with Crippen molar-refractivity contribution < 1.29 is 19.0 Å². The molecule has 0 bridgehead atoms. The fourth-order valence-electron chi connectivity index (χ4n) is 4.21. The fourth-order valence-corrected chi connectivity index (χ4v) is 4.21. The lowest BCUT2D eigenvalue weighted by Crippen LogP contribution is -2.50. The van der Waals surface area contributed by atoms with Gasteiger partial charge in [-0.05, 0) is 6.07 Å².